The SMILES string of the molecule is COc1cc(NC(C)c2ccc(NC(=O)NC3CC3)cc2)ccc1[N+](=O)[O-]. The minimum absolute atomic E-state index is 0.0366. The molecule has 0 saturated heterocycles. The number of urea groups is 1. The second-order valence-electron chi connectivity index (χ2n) is 6.50. The number of benzene rings is 2. The lowest BCUT2D eigenvalue weighted by Crippen LogP contribution is -2.30. The molecule has 8 heteroatoms. The molecule has 3 rings (SSSR count). The molecule has 0 spiro atoms. The molecule has 2 aromatic rings. The average Bonchev–Trinajstić information content (AvgIpc) is 3.45. The van der Waals surface area contributed by atoms with Crippen molar-refractivity contribution in [2.45, 2.75) is 31.8 Å². The summed E-state index contributed by atoms with van der Waals surface area (Å²) in [5.74, 6) is 0.207. The fourth-order valence-corrected chi connectivity index (χ4v) is 2.69. The van der Waals surface area contributed by atoms with Crippen LogP contribution in [0.15, 0.2) is 42.5 Å². The molecule has 0 aliphatic heterocycles. The standard InChI is InChI=1S/C19H22N4O4/c1-12(20-16-9-10-17(23(25)26)18(11-16)27-2)13-3-5-14(6-4-13)21-19(24)22-15-7-8-15/h3-6,9-12,15,20H,7-8H2,1-2H3,(H2,21,22,24). The van der Waals surface area contributed by atoms with E-state index >= 15 is 0 Å². The van der Waals surface area contributed by atoms with Gasteiger partial charge in [-0.25, -0.2) is 4.79 Å². The maximum absolute atomic E-state index is 11.8. The van der Waals surface area contributed by atoms with Crippen molar-refractivity contribution in [3.8, 4) is 5.75 Å². The van der Waals surface area contributed by atoms with Gasteiger partial charge in [-0.3, -0.25) is 10.1 Å². The maximum atomic E-state index is 11.8. The summed E-state index contributed by atoms with van der Waals surface area (Å²) < 4.78 is 5.09. The molecule has 1 saturated carbocycles. The van der Waals surface area contributed by atoms with Crippen molar-refractivity contribution in [2.24, 2.45) is 0 Å². The lowest BCUT2D eigenvalue weighted by Gasteiger charge is -2.17. The summed E-state index contributed by atoms with van der Waals surface area (Å²) in [6.07, 6.45) is 2.09. The molecule has 2 amide bonds. The number of nitrogens with zero attached hydrogens (tertiary/aromatic N) is 1. The smallest absolute Gasteiger partial charge is 0.319 e. The van der Waals surface area contributed by atoms with E-state index in [4.69, 9.17) is 4.74 Å². The first-order chi connectivity index (χ1) is 13.0. The molecule has 1 unspecified atom stereocenters. The third-order valence-electron chi connectivity index (χ3n) is 4.34. The number of hydrogen-bond donors (Lipinski definition) is 3. The van der Waals surface area contributed by atoms with Crippen molar-refractivity contribution in [3.63, 3.8) is 0 Å². The summed E-state index contributed by atoms with van der Waals surface area (Å²) >= 11 is 0. The second-order valence-corrected chi connectivity index (χ2v) is 6.50. The van der Waals surface area contributed by atoms with Crippen LogP contribution in [0.25, 0.3) is 0 Å². The lowest BCUT2D eigenvalue weighted by atomic mass is 10.1. The van der Waals surface area contributed by atoms with Crippen molar-refractivity contribution in [2.75, 3.05) is 17.7 Å². The van der Waals surface area contributed by atoms with Crippen LogP contribution in [0.2, 0.25) is 0 Å². The van der Waals surface area contributed by atoms with Gasteiger partial charge in [-0.05, 0) is 43.5 Å². The Morgan fingerprint density at radius 2 is 1.85 bits per heavy atom. The van der Waals surface area contributed by atoms with Crippen LogP contribution in [-0.2, 0) is 0 Å². The monoisotopic (exact) mass is 370 g/mol. The van der Waals surface area contributed by atoms with Crippen molar-refractivity contribution in [1.29, 1.82) is 0 Å². The Labute approximate surface area is 157 Å². The number of nitro benzene ring substituents is 1. The van der Waals surface area contributed by atoms with E-state index in [-0.39, 0.29) is 23.5 Å². The van der Waals surface area contributed by atoms with Gasteiger partial charge in [0, 0.05) is 35.6 Å². The number of nitrogens with one attached hydrogen (secondary N) is 3. The van der Waals surface area contributed by atoms with Crippen LogP contribution >= 0.6 is 0 Å². The van der Waals surface area contributed by atoms with E-state index in [1.54, 1.807) is 12.1 Å². The van der Waals surface area contributed by atoms with Gasteiger partial charge in [0.15, 0.2) is 5.75 Å². The molecule has 0 radical (unpaired) electrons. The van der Waals surface area contributed by atoms with E-state index in [0.717, 1.165) is 29.8 Å². The average molecular weight is 370 g/mol. The summed E-state index contributed by atoms with van der Waals surface area (Å²) in [5, 5.41) is 20.0. The Morgan fingerprint density at radius 3 is 2.44 bits per heavy atom. The van der Waals surface area contributed by atoms with Gasteiger partial charge in [-0.15, -0.1) is 0 Å². The summed E-state index contributed by atoms with van der Waals surface area (Å²) in [4.78, 5) is 22.3. The third-order valence-corrected chi connectivity index (χ3v) is 4.34. The number of nitro groups is 1. The van der Waals surface area contributed by atoms with E-state index in [2.05, 4.69) is 16.0 Å². The predicted octanol–water partition coefficient (Wildman–Crippen LogP) is 4.06. The van der Waals surface area contributed by atoms with E-state index in [1.165, 1.54) is 13.2 Å². The first kappa shape index (κ1) is 18.5. The van der Waals surface area contributed by atoms with Crippen molar-refractivity contribution in [1.82, 2.24) is 5.32 Å². The number of carbonyl (C=O) groups excluding carboxylic acids is 1. The number of rotatable bonds is 7. The second kappa shape index (κ2) is 7.94. The third kappa shape index (κ3) is 4.87. The molecular weight excluding hydrogens is 348 g/mol. The Bertz CT molecular complexity index is 834. The number of carbonyl (C=O) groups is 1. The summed E-state index contributed by atoms with van der Waals surface area (Å²) in [5.41, 5.74) is 2.38. The Kier molecular flexibility index (Phi) is 5.44. The van der Waals surface area contributed by atoms with Crippen molar-refractivity contribution < 1.29 is 14.5 Å². The van der Waals surface area contributed by atoms with E-state index < -0.39 is 4.92 Å². The summed E-state index contributed by atoms with van der Waals surface area (Å²) in [6, 6.07) is 12.3. The van der Waals surface area contributed by atoms with Gasteiger partial charge < -0.3 is 20.7 Å². The largest absolute Gasteiger partial charge is 0.490 e. The highest BCUT2D eigenvalue weighted by molar-refractivity contribution is 5.89. The fourth-order valence-electron chi connectivity index (χ4n) is 2.69. The van der Waals surface area contributed by atoms with Crippen LogP contribution < -0.4 is 20.7 Å². The van der Waals surface area contributed by atoms with Gasteiger partial charge in [0.05, 0.1) is 12.0 Å². The zero-order valence-electron chi connectivity index (χ0n) is 15.2. The molecule has 142 valence electrons. The predicted molar refractivity (Wildman–Crippen MR) is 103 cm³/mol. The topological polar surface area (TPSA) is 106 Å². The first-order valence-corrected chi connectivity index (χ1v) is 8.72. The molecule has 0 bridgehead atoms. The normalized spacial score (nSPS) is 14.1. The van der Waals surface area contributed by atoms with Crippen molar-refractivity contribution in [3.05, 3.63) is 58.1 Å². The van der Waals surface area contributed by atoms with Gasteiger partial charge >= 0.3 is 11.7 Å². The summed E-state index contributed by atoms with van der Waals surface area (Å²) in [6.45, 7) is 1.98. The number of hydrogen-bond acceptors (Lipinski definition) is 5. The van der Waals surface area contributed by atoms with Gasteiger partial charge in [0.2, 0.25) is 0 Å². The molecule has 3 N–H and O–H groups in total. The highest BCUT2D eigenvalue weighted by Gasteiger charge is 2.23. The number of ether oxygens (including phenoxy) is 1. The zero-order valence-corrected chi connectivity index (χ0v) is 15.2. The van der Waals surface area contributed by atoms with E-state index in [0.29, 0.717) is 6.04 Å². The molecule has 0 aromatic heterocycles. The van der Waals surface area contributed by atoms with Crippen molar-refractivity contribution >= 4 is 23.1 Å². The highest BCUT2D eigenvalue weighted by Crippen LogP contribution is 2.31. The van der Waals surface area contributed by atoms with Crippen LogP contribution in [0.1, 0.15) is 31.4 Å². The van der Waals surface area contributed by atoms with Gasteiger partial charge in [0.1, 0.15) is 0 Å². The van der Waals surface area contributed by atoms with Crippen LogP contribution in [0, 0.1) is 10.1 Å². The molecule has 8 nitrogen and oxygen atoms in total. The molecule has 27 heavy (non-hydrogen) atoms. The quantitative estimate of drug-likeness (QED) is 0.503. The maximum Gasteiger partial charge on any atom is 0.319 e. The van der Waals surface area contributed by atoms with E-state index in [9.17, 15) is 14.9 Å². The molecule has 1 aliphatic carbocycles. The lowest BCUT2D eigenvalue weighted by molar-refractivity contribution is -0.385. The fraction of sp³-hybridized carbons (Fsp3) is 0.316. The minimum Gasteiger partial charge on any atom is -0.490 e. The highest BCUT2D eigenvalue weighted by atomic mass is 16.6. The molecule has 2 aromatic carbocycles. The molecule has 0 heterocycles. The van der Waals surface area contributed by atoms with Crippen LogP contribution in [0.3, 0.4) is 0 Å². The van der Waals surface area contributed by atoms with Crippen LogP contribution in [-0.4, -0.2) is 24.1 Å². The number of amides is 2. The zero-order chi connectivity index (χ0) is 19.4. The van der Waals surface area contributed by atoms with Crippen LogP contribution in [0.4, 0.5) is 21.9 Å². The Hall–Kier alpha value is -3.29. The number of methoxy groups -OCH3 is 1. The van der Waals surface area contributed by atoms with Gasteiger partial charge in [0.25, 0.3) is 0 Å². The minimum atomic E-state index is -0.475. The van der Waals surface area contributed by atoms with E-state index in [1.807, 2.05) is 31.2 Å². The molecular formula is C19H22N4O4. The van der Waals surface area contributed by atoms with Gasteiger partial charge in [-0.1, -0.05) is 12.1 Å². The molecule has 1 aliphatic rings. The van der Waals surface area contributed by atoms with Gasteiger partial charge in [-0.2, -0.15) is 0 Å². The van der Waals surface area contributed by atoms with Crippen LogP contribution in [0.5, 0.6) is 5.75 Å². The molecule has 1 atom stereocenters. The number of anilines is 2. The Morgan fingerprint density at radius 1 is 1.19 bits per heavy atom. The Balaban J connectivity index is 1.62. The summed E-state index contributed by atoms with van der Waals surface area (Å²) in [7, 11) is 1.40. The molecule has 1 fully saturated rings. The first-order valence-electron chi connectivity index (χ1n) is 8.72.